The van der Waals surface area contributed by atoms with Gasteiger partial charge < -0.3 is 14.1 Å². The third kappa shape index (κ3) is 4.23. The number of ether oxygens (including phenoxy) is 1. The summed E-state index contributed by atoms with van der Waals surface area (Å²) in [5.41, 5.74) is 1.17. The molecule has 11 heteroatoms. The zero-order chi connectivity index (χ0) is 21.1. The van der Waals surface area contributed by atoms with Gasteiger partial charge in [-0.05, 0) is 25.0 Å². The summed E-state index contributed by atoms with van der Waals surface area (Å²) in [7, 11) is -2.21. The molecule has 0 spiro atoms. The van der Waals surface area contributed by atoms with Gasteiger partial charge in [0.05, 0.1) is 12.7 Å². The Hall–Kier alpha value is -2.76. The van der Waals surface area contributed by atoms with Gasteiger partial charge in [0.2, 0.25) is 15.9 Å². The molecule has 3 aromatic rings. The van der Waals surface area contributed by atoms with Crippen molar-refractivity contribution in [1.82, 2.24) is 19.8 Å². The summed E-state index contributed by atoms with van der Waals surface area (Å²) in [6.45, 7) is 1.44. The molecule has 1 amide bonds. The maximum Gasteiger partial charge on any atom is 0.311 e. The van der Waals surface area contributed by atoms with Crippen LogP contribution in [0.1, 0.15) is 29.1 Å². The molecule has 2 aromatic heterocycles. The Bertz CT molecular complexity index is 1150. The Morgan fingerprint density at radius 2 is 2.03 bits per heavy atom. The highest BCUT2D eigenvalue weighted by Crippen LogP contribution is 2.28. The van der Waals surface area contributed by atoms with Crippen LogP contribution in [0.15, 0.2) is 44.3 Å². The summed E-state index contributed by atoms with van der Waals surface area (Å²) in [5, 5.41) is 9.33. The van der Waals surface area contributed by atoms with Gasteiger partial charge in [-0.1, -0.05) is 18.2 Å². The molecule has 9 nitrogen and oxygen atoms in total. The van der Waals surface area contributed by atoms with Gasteiger partial charge in [0.15, 0.2) is 0 Å². The van der Waals surface area contributed by atoms with Gasteiger partial charge in [-0.25, -0.2) is 13.1 Å². The zero-order valence-electron chi connectivity index (χ0n) is 16.2. The van der Waals surface area contributed by atoms with Gasteiger partial charge in [0, 0.05) is 30.6 Å². The van der Waals surface area contributed by atoms with E-state index < -0.39 is 10.0 Å². The molecular weight excluding hydrogens is 428 g/mol. The number of thiophene rings is 1. The fourth-order valence-corrected chi connectivity index (χ4v) is 5.35. The van der Waals surface area contributed by atoms with Crippen molar-refractivity contribution in [1.29, 1.82) is 0 Å². The van der Waals surface area contributed by atoms with Crippen molar-refractivity contribution in [2.45, 2.75) is 23.6 Å². The molecule has 1 aliphatic rings. The first-order valence-corrected chi connectivity index (χ1v) is 11.7. The maximum atomic E-state index is 12.7. The predicted molar refractivity (Wildman–Crippen MR) is 110 cm³/mol. The monoisotopic (exact) mass is 448 g/mol. The van der Waals surface area contributed by atoms with Crippen LogP contribution in [0, 0.1) is 0 Å². The van der Waals surface area contributed by atoms with Crippen LogP contribution < -0.4 is 9.46 Å². The standard InChI is InChI=1S/C19H20N4O5S2/c1-27-15-7-3-2-6-13(15)11-20-30(25,26)16-10-14(12-29-16)17-21-22-18(28-17)19(24)23-8-4-5-9-23/h2-3,6-7,10,12,20H,4-5,8-9,11H2,1H3. The lowest BCUT2D eigenvalue weighted by Gasteiger charge is -2.11. The summed E-state index contributed by atoms with van der Waals surface area (Å²) in [5.74, 6) is 0.331. The van der Waals surface area contributed by atoms with Crippen LogP contribution in [-0.2, 0) is 16.6 Å². The average molecular weight is 449 g/mol. The smallest absolute Gasteiger partial charge is 0.311 e. The highest BCUT2D eigenvalue weighted by atomic mass is 32.2. The second-order valence-electron chi connectivity index (χ2n) is 6.70. The number of nitrogens with one attached hydrogen (secondary N) is 1. The number of amides is 1. The fourth-order valence-electron chi connectivity index (χ4n) is 3.14. The van der Waals surface area contributed by atoms with Crippen LogP contribution in [0.2, 0.25) is 0 Å². The number of nitrogens with zero attached hydrogens (tertiary/aromatic N) is 3. The van der Waals surface area contributed by atoms with E-state index in [1.807, 2.05) is 12.1 Å². The van der Waals surface area contributed by atoms with Crippen molar-refractivity contribution in [2.24, 2.45) is 0 Å². The van der Waals surface area contributed by atoms with E-state index in [2.05, 4.69) is 14.9 Å². The van der Waals surface area contributed by atoms with E-state index >= 15 is 0 Å². The molecule has 1 saturated heterocycles. The van der Waals surface area contributed by atoms with E-state index in [0.717, 1.165) is 29.7 Å². The lowest BCUT2D eigenvalue weighted by molar-refractivity contribution is 0.0754. The number of sulfonamides is 1. The largest absolute Gasteiger partial charge is 0.496 e. The van der Waals surface area contributed by atoms with Crippen LogP contribution in [0.3, 0.4) is 0 Å². The van der Waals surface area contributed by atoms with Crippen molar-refractivity contribution >= 4 is 27.3 Å². The van der Waals surface area contributed by atoms with Crippen LogP contribution in [0.25, 0.3) is 11.5 Å². The summed E-state index contributed by atoms with van der Waals surface area (Å²) in [6.07, 6.45) is 1.92. The minimum Gasteiger partial charge on any atom is -0.496 e. The SMILES string of the molecule is COc1ccccc1CNS(=O)(=O)c1cc(-c2nnc(C(=O)N3CCCC3)o2)cs1. The van der Waals surface area contributed by atoms with Crippen molar-refractivity contribution in [3.05, 3.63) is 47.2 Å². The van der Waals surface area contributed by atoms with Crippen LogP contribution in [0.4, 0.5) is 0 Å². The average Bonchev–Trinajstić information content (AvgIpc) is 3.52. The number of likely N-dealkylation sites (tertiary alicyclic amines) is 1. The van der Waals surface area contributed by atoms with Gasteiger partial charge >= 0.3 is 11.8 Å². The molecule has 3 heterocycles. The number of carbonyl (C=O) groups excluding carboxylic acids is 1. The quantitative estimate of drug-likeness (QED) is 0.591. The molecule has 158 valence electrons. The molecule has 0 saturated carbocycles. The lowest BCUT2D eigenvalue weighted by Crippen LogP contribution is -2.27. The van der Waals surface area contributed by atoms with Crippen molar-refractivity contribution in [3.8, 4) is 17.2 Å². The predicted octanol–water partition coefficient (Wildman–Crippen LogP) is 2.52. The van der Waals surface area contributed by atoms with Crippen molar-refractivity contribution in [2.75, 3.05) is 20.2 Å². The molecule has 4 rings (SSSR count). The molecule has 0 aliphatic carbocycles. The molecule has 1 N–H and O–H groups in total. The van der Waals surface area contributed by atoms with E-state index in [1.54, 1.807) is 22.4 Å². The van der Waals surface area contributed by atoms with E-state index in [-0.39, 0.29) is 28.4 Å². The molecule has 0 radical (unpaired) electrons. The number of carbonyl (C=O) groups is 1. The second kappa shape index (κ2) is 8.54. The lowest BCUT2D eigenvalue weighted by atomic mass is 10.2. The molecule has 0 unspecified atom stereocenters. The molecular formula is C19H20N4O5S2. The van der Waals surface area contributed by atoms with Crippen molar-refractivity contribution < 1.29 is 22.4 Å². The maximum absolute atomic E-state index is 12.7. The Balaban J connectivity index is 1.47. The number of rotatable bonds is 7. The topological polar surface area (TPSA) is 115 Å². The molecule has 1 fully saturated rings. The van der Waals surface area contributed by atoms with Gasteiger partial charge in [-0.3, -0.25) is 4.79 Å². The summed E-state index contributed by atoms with van der Waals surface area (Å²) in [4.78, 5) is 14.0. The van der Waals surface area contributed by atoms with Gasteiger partial charge in [0.25, 0.3) is 0 Å². The zero-order valence-corrected chi connectivity index (χ0v) is 17.8. The highest BCUT2D eigenvalue weighted by Gasteiger charge is 2.26. The molecule has 1 aliphatic heterocycles. The summed E-state index contributed by atoms with van der Waals surface area (Å²) >= 11 is 1.03. The minimum absolute atomic E-state index is 0.0863. The number of hydrogen-bond donors (Lipinski definition) is 1. The Morgan fingerprint density at radius 1 is 1.27 bits per heavy atom. The van der Waals surface area contributed by atoms with Crippen LogP contribution in [-0.4, -0.2) is 49.6 Å². The van der Waals surface area contributed by atoms with Crippen LogP contribution in [0.5, 0.6) is 5.75 Å². The van der Waals surface area contributed by atoms with Crippen LogP contribution >= 0.6 is 11.3 Å². The third-order valence-corrected chi connectivity index (χ3v) is 7.57. The second-order valence-corrected chi connectivity index (χ2v) is 9.61. The molecule has 1 aromatic carbocycles. The Kier molecular flexibility index (Phi) is 5.84. The number of methoxy groups -OCH3 is 1. The first kappa shape index (κ1) is 20.5. The van der Waals surface area contributed by atoms with Gasteiger partial charge in [-0.2, -0.15) is 0 Å². The molecule has 0 atom stereocenters. The Morgan fingerprint density at radius 3 is 2.80 bits per heavy atom. The minimum atomic E-state index is -3.75. The van der Waals surface area contributed by atoms with E-state index in [1.165, 1.54) is 13.2 Å². The highest BCUT2D eigenvalue weighted by molar-refractivity contribution is 7.91. The fraction of sp³-hybridized carbons (Fsp3) is 0.316. The van der Waals surface area contributed by atoms with E-state index in [9.17, 15) is 13.2 Å². The Labute approximate surface area is 177 Å². The van der Waals surface area contributed by atoms with Crippen molar-refractivity contribution in [3.63, 3.8) is 0 Å². The van der Waals surface area contributed by atoms with Gasteiger partial charge in [0.1, 0.15) is 9.96 Å². The first-order chi connectivity index (χ1) is 14.5. The number of para-hydroxylation sites is 1. The first-order valence-electron chi connectivity index (χ1n) is 9.31. The molecule has 30 heavy (non-hydrogen) atoms. The molecule has 0 bridgehead atoms. The normalized spacial score (nSPS) is 14.2. The summed E-state index contributed by atoms with van der Waals surface area (Å²) < 4.78 is 38.7. The number of hydrogen-bond acceptors (Lipinski definition) is 8. The number of aromatic nitrogens is 2. The third-order valence-electron chi connectivity index (χ3n) is 4.73. The van der Waals surface area contributed by atoms with E-state index in [0.29, 0.717) is 24.4 Å². The van der Waals surface area contributed by atoms with E-state index in [4.69, 9.17) is 9.15 Å². The number of benzene rings is 1. The summed E-state index contributed by atoms with van der Waals surface area (Å²) in [6, 6.07) is 8.64. The van der Waals surface area contributed by atoms with Gasteiger partial charge in [-0.15, -0.1) is 21.5 Å².